The highest BCUT2D eigenvalue weighted by molar-refractivity contribution is 7.86. The number of aryl methyl sites for hydroxylation is 2. The zero-order chi connectivity index (χ0) is 37.2. The lowest BCUT2D eigenvalue weighted by Crippen LogP contribution is -2.12. The number of hydrogen-bond donors (Lipinski definition) is 6. The highest BCUT2D eigenvalue weighted by atomic mass is 32.3. The Balaban J connectivity index is 1.87. The van der Waals surface area contributed by atoms with Crippen LogP contribution < -0.4 is 15.8 Å². The van der Waals surface area contributed by atoms with E-state index in [0.717, 1.165) is 18.2 Å². The molecule has 7 N–H and O–H groups in total. The summed E-state index contributed by atoms with van der Waals surface area (Å²) in [5.41, 5.74) is 5.90. The van der Waals surface area contributed by atoms with E-state index < -0.39 is 65.3 Å². The maximum atomic E-state index is 12.1. The van der Waals surface area contributed by atoms with Crippen molar-refractivity contribution in [3.8, 4) is 11.5 Å². The average molecular weight is 753 g/mol. The number of nitrogens with one attached hydrogen (secondary N) is 1. The number of azo groups is 2. The third-order valence-corrected chi connectivity index (χ3v) is 8.75. The number of nitrogen functional groups attached to an aromatic ring is 1. The first kappa shape index (κ1) is 37.7. The number of aromatic hydroxyl groups is 1. The molecule has 19 nitrogen and oxygen atoms in total. The van der Waals surface area contributed by atoms with Crippen LogP contribution in [0.3, 0.4) is 0 Å². The van der Waals surface area contributed by atoms with E-state index in [9.17, 15) is 44.3 Å². The van der Waals surface area contributed by atoms with Crippen LogP contribution in [0.2, 0.25) is 0 Å². The van der Waals surface area contributed by atoms with Crippen molar-refractivity contribution in [1.29, 1.82) is 0 Å². The fourth-order valence-corrected chi connectivity index (χ4v) is 5.91. The maximum Gasteiger partial charge on any atom is 0.397 e. The van der Waals surface area contributed by atoms with E-state index in [0.29, 0.717) is 5.56 Å². The first-order chi connectivity index (χ1) is 23.1. The summed E-state index contributed by atoms with van der Waals surface area (Å²) in [6.07, 6.45) is 0. The maximum absolute atomic E-state index is 12.1. The molecular weight excluding hydrogens is 725 g/mol. The fourth-order valence-electron chi connectivity index (χ4n) is 4.48. The van der Waals surface area contributed by atoms with Gasteiger partial charge < -0.3 is 20.9 Å². The highest BCUT2D eigenvalue weighted by Crippen LogP contribution is 2.44. The quantitative estimate of drug-likeness (QED) is 0.0468. The molecule has 1 amide bonds. The minimum Gasteiger partial charge on any atom is -0.505 e. The van der Waals surface area contributed by atoms with E-state index in [1.165, 1.54) is 44.2 Å². The van der Waals surface area contributed by atoms with Gasteiger partial charge in [0.05, 0.1) is 10.6 Å². The first-order valence-electron chi connectivity index (χ1n) is 13.8. The molecule has 0 aliphatic rings. The molecule has 0 aromatic heterocycles. The van der Waals surface area contributed by atoms with Crippen molar-refractivity contribution in [2.75, 3.05) is 24.3 Å². The third kappa shape index (κ3) is 9.32. The van der Waals surface area contributed by atoms with Crippen molar-refractivity contribution >= 4 is 81.4 Å². The molecule has 0 aliphatic carbocycles. The molecule has 0 fully saturated rings. The largest absolute Gasteiger partial charge is 0.505 e. The predicted molar refractivity (Wildman–Crippen MR) is 178 cm³/mol. The number of ether oxygens (including phenoxy) is 1. The molecule has 0 radical (unpaired) electrons. The van der Waals surface area contributed by atoms with Gasteiger partial charge in [0, 0.05) is 24.1 Å². The van der Waals surface area contributed by atoms with Crippen LogP contribution in [0.25, 0.3) is 10.8 Å². The Morgan fingerprint density at radius 2 is 1.48 bits per heavy atom. The van der Waals surface area contributed by atoms with Crippen molar-refractivity contribution in [2.24, 2.45) is 20.5 Å². The van der Waals surface area contributed by atoms with Gasteiger partial charge in [-0.3, -0.25) is 18.5 Å². The standard InChI is InChI=1S/C28H28N6O13S3/c1-14-4-5-25(49(40,41)42)23(8-14)33-31-21-13-24(46-6-7-47-50(43,44)45)22(12-20(21)30-16(3)35)32-34-27-15(2)9-17-10-18(48(37,38)39)11-19(29)26(17)28(27)36/h4-5,8-13,36H,6-7,29H2,1-3H3,(H,30,35)(H,37,38,39)(H,40,41,42)(H,43,44,45). The zero-order valence-electron chi connectivity index (χ0n) is 26.1. The van der Waals surface area contributed by atoms with Crippen LogP contribution in [0.1, 0.15) is 18.1 Å². The van der Waals surface area contributed by atoms with E-state index >= 15 is 0 Å². The number of hydrogen-bond acceptors (Lipinski definition) is 15. The summed E-state index contributed by atoms with van der Waals surface area (Å²) in [5.74, 6) is -1.28. The number of carbonyl (C=O) groups is 1. The van der Waals surface area contributed by atoms with Crippen LogP contribution in [-0.4, -0.2) is 63.1 Å². The lowest BCUT2D eigenvalue weighted by molar-refractivity contribution is -0.114. The van der Waals surface area contributed by atoms with Crippen LogP contribution in [0, 0.1) is 13.8 Å². The van der Waals surface area contributed by atoms with Crippen LogP contribution >= 0.6 is 0 Å². The number of benzene rings is 4. The zero-order valence-corrected chi connectivity index (χ0v) is 28.5. The molecule has 0 spiro atoms. The summed E-state index contributed by atoms with van der Waals surface area (Å²) < 4.78 is 107. The Hall–Kier alpha value is -5.10. The first-order valence-corrected chi connectivity index (χ1v) is 18.0. The lowest BCUT2D eigenvalue weighted by atomic mass is 10.0. The van der Waals surface area contributed by atoms with Gasteiger partial charge in [-0.05, 0) is 66.8 Å². The van der Waals surface area contributed by atoms with E-state index in [4.69, 9.17) is 15.0 Å². The minimum atomic E-state index is -4.82. The van der Waals surface area contributed by atoms with Crippen LogP contribution in [-0.2, 0) is 39.6 Å². The molecule has 4 aromatic rings. The Bertz CT molecular complexity index is 2420. The molecule has 0 bridgehead atoms. The summed E-state index contributed by atoms with van der Waals surface area (Å²) in [6, 6.07) is 9.70. The Morgan fingerprint density at radius 1 is 0.820 bits per heavy atom. The number of anilines is 2. The van der Waals surface area contributed by atoms with E-state index in [1.54, 1.807) is 6.92 Å². The van der Waals surface area contributed by atoms with Crippen molar-refractivity contribution < 1.29 is 57.7 Å². The highest BCUT2D eigenvalue weighted by Gasteiger charge is 2.20. The van der Waals surface area contributed by atoms with E-state index in [-0.39, 0.29) is 56.2 Å². The van der Waals surface area contributed by atoms with Gasteiger partial charge in [0.1, 0.15) is 46.6 Å². The second-order valence-corrected chi connectivity index (χ2v) is 14.3. The molecule has 0 atom stereocenters. The number of nitrogens with zero attached hydrogens (tertiary/aromatic N) is 4. The van der Waals surface area contributed by atoms with Gasteiger partial charge in [0.25, 0.3) is 20.2 Å². The molecule has 266 valence electrons. The molecule has 0 unspecified atom stereocenters. The van der Waals surface area contributed by atoms with Crippen molar-refractivity contribution in [2.45, 2.75) is 30.6 Å². The Kier molecular flexibility index (Phi) is 10.9. The van der Waals surface area contributed by atoms with Crippen LogP contribution in [0.15, 0.2) is 78.8 Å². The molecular formula is C28H28N6O13S3. The molecule has 4 rings (SSSR count). The van der Waals surface area contributed by atoms with Gasteiger partial charge in [-0.25, -0.2) is 4.18 Å². The predicted octanol–water partition coefficient (Wildman–Crippen LogP) is 5.23. The van der Waals surface area contributed by atoms with Crippen LogP contribution in [0.4, 0.5) is 34.1 Å². The topological polar surface area (TPSA) is 306 Å². The second kappa shape index (κ2) is 14.4. The SMILES string of the molecule is CC(=O)Nc1cc(N=Nc2c(C)cc3cc(S(=O)(=O)O)cc(N)c3c2O)c(OCCOS(=O)(=O)O)cc1N=Nc1cc(C)ccc1S(=O)(=O)O. The Morgan fingerprint density at radius 3 is 2.10 bits per heavy atom. The number of amides is 1. The smallest absolute Gasteiger partial charge is 0.397 e. The summed E-state index contributed by atoms with van der Waals surface area (Å²) in [5, 5.41) is 29.9. The number of phenolic OH excluding ortho intramolecular Hbond substituents is 1. The third-order valence-electron chi connectivity index (χ3n) is 6.55. The van der Waals surface area contributed by atoms with Gasteiger partial charge in [-0.1, -0.05) is 6.07 Å². The molecule has 0 heterocycles. The second-order valence-electron chi connectivity index (χ2n) is 10.4. The normalized spacial score (nSPS) is 12.6. The molecule has 4 aromatic carbocycles. The number of nitrogens with two attached hydrogens (primary N) is 1. The average Bonchev–Trinajstić information content (AvgIpc) is 2.97. The number of rotatable bonds is 12. The molecule has 0 aliphatic heterocycles. The lowest BCUT2D eigenvalue weighted by Gasteiger charge is -2.13. The summed E-state index contributed by atoms with van der Waals surface area (Å²) in [4.78, 5) is 11.0. The molecule has 0 saturated carbocycles. The van der Waals surface area contributed by atoms with Crippen molar-refractivity contribution in [3.05, 3.63) is 59.7 Å². The number of phenols is 1. The van der Waals surface area contributed by atoms with Gasteiger partial charge in [0.2, 0.25) is 5.91 Å². The monoisotopic (exact) mass is 752 g/mol. The number of carbonyl (C=O) groups excluding carboxylic acids is 1. The van der Waals surface area contributed by atoms with E-state index in [2.05, 4.69) is 30.0 Å². The van der Waals surface area contributed by atoms with E-state index in [1.807, 2.05) is 0 Å². The molecule has 50 heavy (non-hydrogen) atoms. The van der Waals surface area contributed by atoms with Crippen molar-refractivity contribution in [3.63, 3.8) is 0 Å². The van der Waals surface area contributed by atoms with Gasteiger partial charge in [-0.2, -0.15) is 25.3 Å². The fraction of sp³-hybridized carbons (Fsp3) is 0.179. The van der Waals surface area contributed by atoms with Gasteiger partial charge in [0.15, 0.2) is 5.75 Å². The van der Waals surface area contributed by atoms with Crippen molar-refractivity contribution in [1.82, 2.24) is 0 Å². The minimum absolute atomic E-state index is 0.00843. The molecule has 0 saturated heterocycles. The van der Waals surface area contributed by atoms with Crippen LogP contribution in [0.5, 0.6) is 11.5 Å². The summed E-state index contributed by atoms with van der Waals surface area (Å²) >= 11 is 0. The van der Waals surface area contributed by atoms with Gasteiger partial charge in [-0.15, -0.1) is 20.5 Å². The summed E-state index contributed by atoms with van der Waals surface area (Å²) in [6.45, 7) is 3.14. The summed E-state index contributed by atoms with van der Waals surface area (Å²) in [7, 11) is -14.2. The van der Waals surface area contributed by atoms with Gasteiger partial charge >= 0.3 is 10.4 Å². The number of fused-ring (bicyclic) bond motifs is 1. The Labute approximate surface area is 284 Å². The molecule has 22 heteroatoms.